The van der Waals surface area contributed by atoms with E-state index in [0.717, 1.165) is 69.1 Å². The molecule has 1 aliphatic heterocycles. The van der Waals surface area contributed by atoms with Gasteiger partial charge in [0.05, 0.1) is 4.88 Å². The van der Waals surface area contributed by atoms with Crippen LogP contribution in [0.3, 0.4) is 0 Å². The number of carbonyl (C=O) groups excluding carboxylic acids is 1. The number of unbranched alkanes of at least 4 members (excludes halogenated alkanes) is 1. The monoisotopic (exact) mass is 371 g/mol. The maximum atomic E-state index is 12.1. The average Bonchev–Trinajstić information content (AvgIpc) is 3.09. The van der Waals surface area contributed by atoms with E-state index in [1.165, 1.54) is 16.9 Å². The normalized spacial score (nSPS) is 15.9. The van der Waals surface area contributed by atoms with E-state index in [0.29, 0.717) is 0 Å². The zero-order valence-corrected chi connectivity index (χ0v) is 16.4. The van der Waals surface area contributed by atoms with Crippen molar-refractivity contribution in [2.45, 2.75) is 26.3 Å². The summed E-state index contributed by atoms with van der Waals surface area (Å²) < 4.78 is 0. The standard InChI is InChI=1S/C21H29N3OS/c1-18-9-16-26-20(18)21(25)22-10-5-6-11-23-12-14-24(15-13-23)17-19-7-3-2-4-8-19/h2-4,7-9,16H,5-6,10-15,17H2,1H3,(H,22,25). The molecule has 140 valence electrons. The molecule has 0 aliphatic carbocycles. The number of benzene rings is 1. The molecule has 1 amide bonds. The van der Waals surface area contributed by atoms with E-state index < -0.39 is 0 Å². The molecule has 5 heteroatoms. The third-order valence-electron chi connectivity index (χ3n) is 4.97. The van der Waals surface area contributed by atoms with Gasteiger partial charge >= 0.3 is 0 Å². The van der Waals surface area contributed by atoms with E-state index in [2.05, 4.69) is 45.4 Å². The lowest BCUT2D eigenvalue weighted by Gasteiger charge is -2.34. The highest BCUT2D eigenvalue weighted by atomic mass is 32.1. The highest BCUT2D eigenvalue weighted by Crippen LogP contribution is 2.15. The molecule has 0 saturated carbocycles. The van der Waals surface area contributed by atoms with Gasteiger partial charge in [-0.15, -0.1) is 11.3 Å². The molecule has 26 heavy (non-hydrogen) atoms. The van der Waals surface area contributed by atoms with Crippen LogP contribution in [-0.4, -0.2) is 55.0 Å². The predicted molar refractivity (Wildman–Crippen MR) is 109 cm³/mol. The van der Waals surface area contributed by atoms with Gasteiger partial charge in [-0.25, -0.2) is 0 Å². The number of hydrogen-bond donors (Lipinski definition) is 1. The van der Waals surface area contributed by atoms with E-state index in [1.54, 1.807) is 0 Å². The first-order valence-electron chi connectivity index (χ1n) is 9.53. The number of aryl methyl sites for hydroxylation is 1. The van der Waals surface area contributed by atoms with Gasteiger partial charge in [-0.2, -0.15) is 0 Å². The van der Waals surface area contributed by atoms with Gasteiger partial charge in [0.25, 0.3) is 5.91 Å². The first-order valence-corrected chi connectivity index (χ1v) is 10.4. The number of nitrogens with one attached hydrogen (secondary N) is 1. The molecule has 1 saturated heterocycles. The van der Waals surface area contributed by atoms with Gasteiger partial charge in [-0.05, 0) is 48.9 Å². The second-order valence-electron chi connectivity index (χ2n) is 7.00. The first kappa shape index (κ1) is 19.1. The topological polar surface area (TPSA) is 35.6 Å². The van der Waals surface area contributed by atoms with Gasteiger partial charge < -0.3 is 10.2 Å². The fraction of sp³-hybridized carbons (Fsp3) is 0.476. The van der Waals surface area contributed by atoms with Crippen LogP contribution in [0.15, 0.2) is 41.8 Å². The minimum absolute atomic E-state index is 0.0760. The molecule has 0 spiro atoms. The minimum atomic E-state index is 0.0760. The Balaban J connectivity index is 1.26. The molecular formula is C21H29N3OS. The maximum absolute atomic E-state index is 12.1. The van der Waals surface area contributed by atoms with Crippen LogP contribution < -0.4 is 5.32 Å². The van der Waals surface area contributed by atoms with Crippen molar-refractivity contribution in [1.29, 1.82) is 0 Å². The van der Waals surface area contributed by atoms with Gasteiger partial charge in [-0.3, -0.25) is 9.69 Å². The van der Waals surface area contributed by atoms with Crippen LogP contribution in [0.25, 0.3) is 0 Å². The maximum Gasteiger partial charge on any atom is 0.261 e. The summed E-state index contributed by atoms with van der Waals surface area (Å²) in [6, 6.07) is 12.7. The molecule has 3 rings (SSSR count). The number of rotatable bonds is 8. The van der Waals surface area contributed by atoms with E-state index in [-0.39, 0.29) is 5.91 Å². The van der Waals surface area contributed by atoms with Crippen LogP contribution >= 0.6 is 11.3 Å². The number of hydrogen-bond acceptors (Lipinski definition) is 4. The lowest BCUT2D eigenvalue weighted by atomic mass is 10.2. The molecule has 1 aliphatic rings. The predicted octanol–water partition coefficient (Wildman–Crippen LogP) is 3.38. The molecule has 2 aromatic rings. The number of amides is 1. The lowest BCUT2D eigenvalue weighted by molar-refractivity contribution is 0.0954. The van der Waals surface area contributed by atoms with Gasteiger partial charge in [0.2, 0.25) is 0 Å². The van der Waals surface area contributed by atoms with Crippen molar-refractivity contribution >= 4 is 17.2 Å². The zero-order valence-electron chi connectivity index (χ0n) is 15.6. The van der Waals surface area contributed by atoms with Crippen molar-refractivity contribution in [3.05, 3.63) is 57.8 Å². The minimum Gasteiger partial charge on any atom is -0.351 e. The molecule has 0 bridgehead atoms. The van der Waals surface area contributed by atoms with Crippen LogP contribution in [0.2, 0.25) is 0 Å². The van der Waals surface area contributed by atoms with Gasteiger partial charge in [0.15, 0.2) is 0 Å². The van der Waals surface area contributed by atoms with Crippen molar-refractivity contribution in [1.82, 2.24) is 15.1 Å². The van der Waals surface area contributed by atoms with Crippen LogP contribution in [0.1, 0.15) is 33.6 Å². The summed E-state index contributed by atoms with van der Waals surface area (Å²) in [6.45, 7) is 9.52. The number of carbonyl (C=O) groups is 1. The summed E-state index contributed by atoms with van der Waals surface area (Å²) in [5, 5.41) is 5.02. The molecule has 1 aromatic carbocycles. The highest BCUT2D eigenvalue weighted by molar-refractivity contribution is 7.12. The van der Waals surface area contributed by atoms with Gasteiger partial charge in [0.1, 0.15) is 0 Å². The van der Waals surface area contributed by atoms with E-state index in [1.807, 2.05) is 18.4 Å². The second-order valence-corrected chi connectivity index (χ2v) is 7.92. The summed E-state index contributed by atoms with van der Waals surface area (Å²) in [5.41, 5.74) is 2.47. The fourth-order valence-corrected chi connectivity index (χ4v) is 4.20. The second kappa shape index (κ2) is 9.86. The Morgan fingerprint density at radius 2 is 1.77 bits per heavy atom. The van der Waals surface area contributed by atoms with E-state index in [4.69, 9.17) is 0 Å². The summed E-state index contributed by atoms with van der Waals surface area (Å²) in [6.07, 6.45) is 2.18. The Morgan fingerprint density at radius 3 is 2.46 bits per heavy atom. The van der Waals surface area contributed by atoms with Crippen LogP contribution in [-0.2, 0) is 6.54 Å². The number of thiophene rings is 1. The summed E-state index contributed by atoms with van der Waals surface area (Å²) in [5.74, 6) is 0.0760. The van der Waals surface area contributed by atoms with E-state index in [9.17, 15) is 4.79 Å². The van der Waals surface area contributed by atoms with Crippen LogP contribution in [0.4, 0.5) is 0 Å². The summed E-state index contributed by atoms with van der Waals surface area (Å²) in [7, 11) is 0. The molecule has 1 aromatic heterocycles. The van der Waals surface area contributed by atoms with Crippen LogP contribution in [0, 0.1) is 6.92 Å². The highest BCUT2D eigenvalue weighted by Gasteiger charge is 2.16. The number of nitrogens with zero attached hydrogens (tertiary/aromatic N) is 2. The third kappa shape index (κ3) is 5.66. The van der Waals surface area contributed by atoms with Crippen molar-refractivity contribution in [3.8, 4) is 0 Å². The molecule has 4 nitrogen and oxygen atoms in total. The Morgan fingerprint density at radius 1 is 1.04 bits per heavy atom. The summed E-state index contributed by atoms with van der Waals surface area (Å²) in [4.78, 5) is 18.0. The molecule has 0 radical (unpaired) electrons. The van der Waals surface area contributed by atoms with Gasteiger partial charge in [-0.1, -0.05) is 30.3 Å². The molecule has 0 atom stereocenters. The molecule has 2 heterocycles. The Kier molecular flexibility index (Phi) is 7.23. The Bertz CT molecular complexity index is 678. The largest absolute Gasteiger partial charge is 0.351 e. The van der Waals surface area contributed by atoms with E-state index >= 15 is 0 Å². The smallest absolute Gasteiger partial charge is 0.261 e. The molecule has 0 unspecified atom stereocenters. The lowest BCUT2D eigenvalue weighted by Crippen LogP contribution is -2.46. The van der Waals surface area contributed by atoms with Crippen molar-refractivity contribution in [2.24, 2.45) is 0 Å². The molecular weight excluding hydrogens is 342 g/mol. The van der Waals surface area contributed by atoms with Crippen molar-refractivity contribution < 1.29 is 4.79 Å². The third-order valence-corrected chi connectivity index (χ3v) is 5.98. The quantitative estimate of drug-likeness (QED) is 0.723. The fourth-order valence-electron chi connectivity index (χ4n) is 3.36. The van der Waals surface area contributed by atoms with Gasteiger partial charge in [0, 0.05) is 39.3 Å². The number of piperazine rings is 1. The average molecular weight is 372 g/mol. The molecule has 1 fully saturated rings. The molecule has 1 N–H and O–H groups in total. The zero-order chi connectivity index (χ0) is 18.2. The van der Waals surface area contributed by atoms with Crippen LogP contribution in [0.5, 0.6) is 0 Å². The van der Waals surface area contributed by atoms with Crippen molar-refractivity contribution in [3.63, 3.8) is 0 Å². The Hall–Kier alpha value is -1.69. The Labute approximate surface area is 160 Å². The summed E-state index contributed by atoms with van der Waals surface area (Å²) >= 11 is 1.52. The van der Waals surface area contributed by atoms with Crippen molar-refractivity contribution in [2.75, 3.05) is 39.3 Å². The SMILES string of the molecule is Cc1ccsc1C(=O)NCCCCN1CCN(Cc2ccccc2)CC1. The first-order chi connectivity index (χ1) is 12.7.